The Bertz CT molecular complexity index is 140. The smallest absolute Gasteiger partial charge is 0.306 e. The van der Waals surface area contributed by atoms with Crippen molar-refractivity contribution < 1.29 is 9.90 Å². The molecule has 0 aliphatic carbocycles. The van der Waals surface area contributed by atoms with E-state index in [1.165, 1.54) is 0 Å². The third-order valence-corrected chi connectivity index (χ3v) is 1.96. The minimum Gasteiger partial charge on any atom is -0.481 e. The van der Waals surface area contributed by atoms with Gasteiger partial charge in [0.05, 0.1) is 5.92 Å². The van der Waals surface area contributed by atoms with Crippen molar-refractivity contribution in [3.05, 3.63) is 12.7 Å². The summed E-state index contributed by atoms with van der Waals surface area (Å²) in [5, 5.41) is 8.66. The third-order valence-electron chi connectivity index (χ3n) is 1.96. The molecular formula is C9H16O2. The van der Waals surface area contributed by atoms with Gasteiger partial charge in [0.15, 0.2) is 0 Å². The lowest BCUT2D eigenvalue weighted by molar-refractivity contribution is -0.142. The van der Waals surface area contributed by atoms with Crippen molar-refractivity contribution in [2.75, 3.05) is 0 Å². The topological polar surface area (TPSA) is 37.3 Å². The van der Waals surface area contributed by atoms with Gasteiger partial charge in [0.25, 0.3) is 0 Å². The van der Waals surface area contributed by atoms with E-state index in [9.17, 15) is 4.79 Å². The van der Waals surface area contributed by atoms with Gasteiger partial charge in [-0.05, 0) is 12.3 Å². The molecule has 64 valence electrons. The highest BCUT2D eigenvalue weighted by molar-refractivity contribution is 5.70. The predicted octanol–water partition coefficient (Wildman–Crippen LogP) is 2.31. The van der Waals surface area contributed by atoms with Gasteiger partial charge < -0.3 is 5.11 Å². The Morgan fingerprint density at radius 2 is 2.27 bits per heavy atom. The van der Waals surface area contributed by atoms with Crippen LogP contribution in [0.25, 0.3) is 0 Å². The Balaban J connectivity index is 4.01. The van der Waals surface area contributed by atoms with Crippen LogP contribution in [0.2, 0.25) is 0 Å². The van der Waals surface area contributed by atoms with Gasteiger partial charge in [0, 0.05) is 0 Å². The molecule has 1 N–H and O–H groups in total. The van der Waals surface area contributed by atoms with E-state index < -0.39 is 5.97 Å². The SMILES string of the molecule is C=CC(CCC)C(C)C(=O)O. The van der Waals surface area contributed by atoms with Crippen LogP contribution in [0.1, 0.15) is 26.7 Å². The summed E-state index contributed by atoms with van der Waals surface area (Å²) >= 11 is 0. The van der Waals surface area contributed by atoms with E-state index in [0.29, 0.717) is 0 Å². The summed E-state index contributed by atoms with van der Waals surface area (Å²) in [5.74, 6) is -0.909. The Morgan fingerprint density at radius 1 is 1.73 bits per heavy atom. The first-order valence-corrected chi connectivity index (χ1v) is 3.98. The lowest BCUT2D eigenvalue weighted by atomic mass is 9.90. The van der Waals surface area contributed by atoms with Crippen LogP contribution in [0.5, 0.6) is 0 Å². The molecule has 0 bridgehead atoms. The van der Waals surface area contributed by atoms with Crippen molar-refractivity contribution >= 4 is 5.97 Å². The summed E-state index contributed by atoms with van der Waals surface area (Å²) in [5.41, 5.74) is 0. The lowest BCUT2D eigenvalue weighted by Crippen LogP contribution is -2.18. The second-order valence-electron chi connectivity index (χ2n) is 2.82. The predicted molar refractivity (Wildman–Crippen MR) is 45.4 cm³/mol. The van der Waals surface area contributed by atoms with E-state index in [-0.39, 0.29) is 11.8 Å². The van der Waals surface area contributed by atoms with E-state index >= 15 is 0 Å². The van der Waals surface area contributed by atoms with Crippen LogP contribution < -0.4 is 0 Å². The molecule has 0 spiro atoms. The molecule has 0 saturated carbocycles. The van der Waals surface area contributed by atoms with Crippen molar-refractivity contribution in [1.29, 1.82) is 0 Å². The average molecular weight is 156 g/mol. The summed E-state index contributed by atoms with van der Waals surface area (Å²) < 4.78 is 0. The molecule has 0 aromatic rings. The fraction of sp³-hybridized carbons (Fsp3) is 0.667. The summed E-state index contributed by atoms with van der Waals surface area (Å²) in [6.45, 7) is 7.39. The molecule has 0 radical (unpaired) electrons. The Kier molecular flexibility index (Phi) is 4.59. The van der Waals surface area contributed by atoms with E-state index in [0.717, 1.165) is 12.8 Å². The zero-order valence-corrected chi connectivity index (χ0v) is 7.21. The van der Waals surface area contributed by atoms with Crippen molar-refractivity contribution in [2.45, 2.75) is 26.7 Å². The summed E-state index contributed by atoms with van der Waals surface area (Å²) in [4.78, 5) is 10.5. The van der Waals surface area contributed by atoms with E-state index in [1.54, 1.807) is 13.0 Å². The molecule has 0 aliphatic rings. The number of aliphatic carboxylic acids is 1. The lowest BCUT2D eigenvalue weighted by Gasteiger charge is -2.15. The molecule has 0 fully saturated rings. The fourth-order valence-corrected chi connectivity index (χ4v) is 1.09. The van der Waals surface area contributed by atoms with Crippen LogP contribution in [0.4, 0.5) is 0 Å². The summed E-state index contributed by atoms with van der Waals surface area (Å²) in [6.07, 6.45) is 3.66. The molecule has 2 nitrogen and oxygen atoms in total. The van der Waals surface area contributed by atoms with E-state index in [2.05, 4.69) is 6.58 Å². The molecule has 2 unspecified atom stereocenters. The van der Waals surface area contributed by atoms with Crippen LogP contribution in [0.15, 0.2) is 12.7 Å². The van der Waals surface area contributed by atoms with Crippen LogP contribution in [-0.2, 0) is 4.79 Å². The quantitative estimate of drug-likeness (QED) is 0.620. The summed E-state index contributed by atoms with van der Waals surface area (Å²) in [6, 6.07) is 0. The molecule has 2 atom stereocenters. The minimum absolute atomic E-state index is 0.123. The first-order valence-electron chi connectivity index (χ1n) is 3.98. The Hall–Kier alpha value is -0.790. The fourth-order valence-electron chi connectivity index (χ4n) is 1.09. The normalized spacial score (nSPS) is 15.5. The van der Waals surface area contributed by atoms with Crippen LogP contribution >= 0.6 is 0 Å². The number of allylic oxidation sites excluding steroid dienone is 1. The number of hydrogen-bond acceptors (Lipinski definition) is 1. The molecule has 0 aromatic heterocycles. The summed E-state index contributed by atoms with van der Waals surface area (Å²) in [7, 11) is 0. The van der Waals surface area contributed by atoms with E-state index in [1.807, 2.05) is 6.92 Å². The number of hydrogen-bond donors (Lipinski definition) is 1. The number of carbonyl (C=O) groups is 1. The zero-order chi connectivity index (χ0) is 8.85. The first-order chi connectivity index (χ1) is 5.13. The van der Waals surface area contributed by atoms with Crippen LogP contribution in [0.3, 0.4) is 0 Å². The highest BCUT2D eigenvalue weighted by Gasteiger charge is 2.19. The highest BCUT2D eigenvalue weighted by Crippen LogP contribution is 2.18. The second kappa shape index (κ2) is 4.94. The number of rotatable bonds is 5. The van der Waals surface area contributed by atoms with Gasteiger partial charge in [-0.2, -0.15) is 0 Å². The van der Waals surface area contributed by atoms with Crippen molar-refractivity contribution in [1.82, 2.24) is 0 Å². The largest absolute Gasteiger partial charge is 0.481 e. The number of carboxylic acids is 1. The van der Waals surface area contributed by atoms with Gasteiger partial charge in [-0.15, -0.1) is 6.58 Å². The molecular weight excluding hydrogens is 140 g/mol. The molecule has 0 rings (SSSR count). The maximum absolute atomic E-state index is 10.5. The van der Waals surface area contributed by atoms with E-state index in [4.69, 9.17) is 5.11 Å². The number of carboxylic acid groups (broad SMARTS) is 1. The van der Waals surface area contributed by atoms with Gasteiger partial charge in [-0.25, -0.2) is 0 Å². The Labute approximate surface area is 67.9 Å². The van der Waals surface area contributed by atoms with Crippen molar-refractivity contribution in [3.63, 3.8) is 0 Å². The molecule has 0 aliphatic heterocycles. The molecule has 2 heteroatoms. The third kappa shape index (κ3) is 3.21. The molecule has 0 amide bonds. The van der Waals surface area contributed by atoms with Gasteiger partial charge >= 0.3 is 5.97 Å². The monoisotopic (exact) mass is 156 g/mol. The van der Waals surface area contributed by atoms with Gasteiger partial charge in [0.2, 0.25) is 0 Å². The molecule has 0 heterocycles. The standard InChI is InChI=1S/C9H16O2/c1-4-6-8(5-2)7(3)9(10)11/h5,7-8H,2,4,6H2,1,3H3,(H,10,11). The molecule has 0 saturated heterocycles. The van der Waals surface area contributed by atoms with Crippen LogP contribution in [0, 0.1) is 11.8 Å². The van der Waals surface area contributed by atoms with Crippen LogP contribution in [-0.4, -0.2) is 11.1 Å². The van der Waals surface area contributed by atoms with Crippen molar-refractivity contribution in [3.8, 4) is 0 Å². The zero-order valence-electron chi connectivity index (χ0n) is 7.21. The Morgan fingerprint density at radius 3 is 2.55 bits per heavy atom. The minimum atomic E-state index is -0.733. The average Bonchev–Trinajstić information content (AvgIpc) is 1.98. The van der Waals surface area contributed by atoms with Gasteiger partial charge in [0.1, 0.15) is 0 Å². The van der Waals surface area contributed by atoms with Gasteiger partial charge in [-0.1, -0.05) is 26.3 Å². The maximum atomic E-state index is 10.5. The second-order valence-corrected chi connectivity index (χ2v) is 2.82. The van der Waals surface area contributed by atoms with Crippen molar-refractivity contribution in [2.24, 2.45) is 11.8 Å². The maximum Gasteiger partial charge on any atom is 0.306 e. The highest BCUT2D eigenvalue weighted by atomic mass is 16.4. The molecule has 0 aromatic carbocycles. The van der Waals surface area contributed by atoms with Gasteiger partial charge in [-0.3, -0.25) is 4.79 Å². The molecule has 11 heavy (non-hydrogen) atoms. The first kappa shape index (κ1) is 10.2.